The van der Waals surface area contributed by atoms with Crippen LogP contribution in [0.5, 0.6) is 11.5 Å². The second kappa shape index (κ2) is 9.80. The molecule has 0 saturated carbocycles. The Morgan fingerprint density at radius 3 is 2.24 bits per heavy atom. The molecule has 1 saturated heterocycles. The van der Waals surface area contributed by atoms with E-state index in [0.717, 1.165) is 10.5 Å². The lowest BCUT2D eigenvalue weighted by atomic mass is 10.1. The molecule has 4 rings (SSSR count). The summed E-state index contributed by atoms with van der Waals surface area (Å²) < 4.78 is 37.5. The second-order valence-electron chi connectivity index (χ2n) is 7.26. The molecule has 0 radical (unpaired) electrons. The van der Waals surface area contributed by atoms with E-state index in [1.807, 2.05) is 0 Å². The highest BCUT2D eigenvalue weighted by molar-refractivity contribution is 7.80. The van der Waals surface area contributed by atoms with Gasteiger partial charge >= 0.3 is 0 Å². The van der Waals surface area contributed by atoms with E-state index >= 15 is 0 Å². The van der Waals surface area contributed by atoms with E-state index in [1.165, 1.54) is 49.6 Å². The number of amides is 2. The predicted molar refractivity (Wildman–Crippen MR) is 126 cm³/mol. The fourth-order valence-corrected chi connectivity index (χ4v) is 3.56. The first-order chi connectivity index (χ1) is 16.4. The van der Waals surface area contributed by atoms with Gasteiger partial charge in [-0.05, 0) is 78.0 Å². The van der Waals surface area contributed by atoms with E-state index < -0.39 is 17.6 Å². The molecule has 1 aliphatic heterocycles. The number of benzene rings is 3. The molecule has 172 valence electrons. The van der Waals surface area contributed by atoms with Crippen LogP contribution in [0.25, 0.3) is 6.08 Å². The van der Waals surface area contributed by atoms with Crippen LogP contribution in [-0.4, -0.2) is 24.0 Å². The minimum absolute atomic E-state index is 0.0964. The van der Waals surface area contributed by atoms with Gasteiger partial charge in [0.25, 0.3) is 11.8 Å². The summed E-state index contributed by atoms with van der Waals surface area (Å²) in [4.78, 5) is 26.7. The maximum atomic E-state index is 13.3. The van der Waals surface area contributed by atoms with Crippen LogP contribution < -0.4 is 19.7 Å². The fourth-order valence-electron chi connectivity index (χ4n) is 3.28. The van der Waals surface area contributed by atoms with Crippen LogP contribution in [0.2, 0.25) is 0 Å². The molecule has 0 unspecified atom stereocenters. The van der Waals surface area contributed by atoms with Crippen LogP contribution in [-0.2, 0) is 16.2 Å². The summed E-state index contributed by atoms with van der Waals surface area (Å²) in [5.74, 6) is -1.28. The number of carbonyl (C=O) groups excluding carboxylic acids is 2. The number of nitrogens with one attached hydrogen (secondary N) is 1. The Morgan fingerprint density at radius 2 is 1.59 bits per heavy atom. The van der Waals surface area contributed by atoms with Crippen molar-refractivity contribution in [2.45, 2.75) is 6.61 Å². The normalized spacial score (nSPS) is 14.9. The Morgan fingerprint density at radius 1 is 0.941 bits per heavy atom. The zero-order chi connectivity index (χ0) is 24.2. The maximum Gasteiger partial charge on any atom is 0.270 e. The van der Waals surface area contributed by atoms with Gasteiger partial charge in [0, 0.05) is 0 Å². The zero-order valence-electron chi connectivity index (χ0n) is 17.9. The van der Waals surface area contributed by atoms with Crippen molar-refractivity contribution in [2.75, 3.05) is 12.0 Å². The Hall–Kier alpha value is -4.11. The molecule has 2 amide bonds. The molecule has 3 aromatic rings. The average molecular weight is 480 g/mol. The molecule has 3 aromatic carbocycles. The van der Waals surface area contributed by atoms with Crippen molar-refractivity contribution in [2.24, 2.45) is 0 Å². The number of hydrogen-bond acceptors (Lipinski definition) is 5. The molecular weight excluding hydrogens is 462 g/mol. The smallest absolute Gasteiger partial charge is 0.270 e. The van der Waals surface area contributed by atoms with Gasteiger partial charge in [0.15, 0.2) is 16.6 Å². The number of ether oxygens (including phenoxy) is 2. The van der Waals surface area contributed by atoms with Gasteiger partial charge in [-0.2, -0.15) is 0 Å². The number of anilines is 1. The lowest BCUT2D eigenvalue weighted by Crippen LogP contribution is -2.54. The number of thiocarbonyl (C=S) groups is 1. The number of methoxy groups -OCH3 is 1. The number of hydrogen-bond donors (Lipinski definition) is 1. The number of carbonyl (C=O) groups is 2. The Kier molecular flexibility index (Phi) is 6.65. The van der Waals surface area contributed by atoms with Crippen molar-refractivity contribution in [3.05, 3.63) is 95.1 Å². The SMILES string of the molecule is COc1cc(/C=C2\C(=O)NC(=S)N(c3ccc(F)cc3)C2=O)ccc1OCc1ccc(F)cc1. The van der Waals surface area contributed by atoms with Crippen LogP contribution in [0, 0.1) is 11.6 Å². The highest BCUT2D eigenvalue weighted by Crippen LogP contribution is 2.30. The standard InChI is InChI=1S/C25H18F2N2O4S/c1-32-22-13-16(4-11-21(22)33-14-15-2-5-17(26)6-3-15)12-20-23(30)28-25(34)29(24(20)31)19-9-7-18(27)8-10-19/h2-13H,14H2,1H3,(H,28,30,34)/b20-12+. The molecule has 34 heavy (non-hydrogen) atoms. The quantitative estimate of drug-likeness (QED) is 0.322. The number of rotatable bonds is 6. The first kappa shape index (κ1) is 23.1. The van der Waals surface area contributed by atoms with Crippen LogP contribution in [0.15, 0.2) is 72.3 Å². The minimum atomic E-state index is -0.649. The van der Waals surface area contributed by atoms with E-state index in [4.69, 9.17) is 21.7 Å². The van der Waals surface area contributed by atoms with E-state index in [9.17, 15) is 18.4 Å². The average Bonchev–Trinajstić information content (AvgIpc) is 2.83. The first-order valence-corrected chi connectivity index (χ1v) is 10.5. The van der Waals surface area contributed by atoms with Gasteiger partial charge in [-0.25, -0.2) is 8.78 Å². The largest absolute Gasteiger partial charge is 0.493 e. The van der Waals surface area contributed by atoms with Crippen molar-refractivity contribution in [3.8, 4) is 11.5 Å². The Bertz CT molecular complexity index is 1290. The molecular formula is C25H18F2N2O4S. The third-order valence-electron chi connectivity index (χ3n) is 4.99. The third kappa shape index (κ3) is 4.94. The summed E-state index contributed by atoms with van der Waals surface area (Å²) in [6.07, 6.45) is 1.40. The molecule has 1 fully saturated rings. The summed E-state index contributed by atoms with van der Waals surface area (Å²) in [6, 6.07) is 16.0. The molecule has 9 heteroatoms. The van der Waals surface area contributed by atoms with Crippen molar-refractivity contribution < 1.29 is 27.8 Å². The van der Waals surface area contributed by atoms with Gasteiger partial charge in [0.1, 0.15) is 23.8 Å². The second-order valence-corrected chi connectivity index (χ2v) is 7.65. The van der Waals surface area contributed by atoms with Crippen molar-refractivity contribution in [3.63, 3.8) is 0 Å². The molecule has 0 aromatic heterocycles. The summed E-state index contributed by atoms with van der Waals surface area (Å²) in [6.45, 7) is 0.196. The van der Waals surface area contributed by atoms with Crippen LogP contribution in [0.3, 0.4) is 0 Å². The minimum Gasteiger partial charge on any atom is -0.493 e. The predicted octanol–water partition coefficient (Wildman–Crippen LogP) is 4.38. The topological polar surface area (TPSA) is 67.9 Å². The molecule has 1 aliphatic rings. The first-order valence-electron chi connectivity index (χ1n) is 10.1. The molecule has 1 heterocycles. The molecule has 0 spiro atoms. The number of halogens is 2. The van der Waals surface area contributed by atoms with Gasteiger partial charge in [-0.1, -0.05) is 18.2 Å². The van der Waals surface area contributed by atoms with E-state index in [0.29, 0.717) is 22.7 Å². The van der Waals surface area contributed by atoms with Gasteiger partial charge < -0.3 is 9.47 Å². The number of nitrogens with zero attached hydrogens (tertiary/aromatic N) is 1. The lowest BCUT2D eigenvalue weighted by molar-refractivity contribution is -0.122. The van der Waals surface area contributed by atoms with Crippen molar-refractivity contribution in [1.82, 2.24) is 5.32 Å². The summed E-state index contributed by atoms with van der Waals surface area (Å²) >= 11 is 5.14. The molecule has 6 nitrogen and oxygen atoms in total. The van der Waals surface area contributed by atoms with Gasteiger partial charge in [-0.15, -0.1) is 0 Å². The van der Waals surface area contributed by atoms with E-state index in [1.54, 1.807) is 30.3 Å². The molecule has 0 atom stereocenters. The third-order valence-corrected chi connectivity index (χ3v) is 5.28. The van der Waals surface area contributed by atoms with Gasteiger partial charge in [0.05, 0.1) is 12.8 Å². The monoisotopic (exact) mass is 480 g/mol. The summed E-state index contributed by atoms with van der Waals surface area (Å²) in [5, 5.41) is 2.38. The van der Waals surface area contributed by atoms with Gasteiger partial charge in [-0.3, -0.25) is 19.8 Å². The maximum absolute atomic E-state index is 13.3. The van der Waals surface area contributed by atoms with Crippen molar-refractivity contribution in [1.29, 1.82) is 0 Å². The Labute approximate surface area is 199 Å². The molecule has 0 aliphatic carbocycles. The van der Waals surface area contributed by atoms with Crippen LogP contribution >= 0.6 is 12.2 Å². The van der Waals surface area contributed by atoms with E-state index in [-0.39, 0.29) is 23.1 Å². The van der Waals surface area contributed by atoms with Crippen LogP contribution in [0.1, 0.15) is 11.1 Å². The molecule has 1 N–H and O–H groups in total. The highest BCUT2D eigenvalue weighted by atomic mass is 32.1. The van der Waals surface area contributed by atoms with Crippen molar-refractivity contribution >= 4 is 40.9 Å². The summed E-state index contributed by atoms with van der Waals surface area (Å²) in [5.41, 5.74) is 1.46. The highest BCUT2D eigenvalue weighted by Gasteiger charge is 2.34. The van der Waals surface area contributed by atoms with Gasteiger partial charge in [0.2, 0.25) is 0 Å². The Balaban J connectivity index is 1.58. The van der Waals surface area contributed by atoms with E-state index in [2.05, 4.69) is 5.32 Å². The fraction of sp³-hybridized carbons (Fsp3) is 0.0800. The zero-order valence-corrected chi connectivity index (χ0v) is 18.7. The molecule has 0 bridgehead atoms. The summed E-state index contributed by atoms with van der Waals surface area (Å²) in [7, 11) is 1.46. The lowest BCUT2D eigenvalue weighted by Gasteiger charge is -2.28. The van der Waals surface area contributed by atoms with Crippen LogP contribution in [0.4, 0.5) is 14.5 Å².